The summed E-state index contributed by atoms with van der Waals surface area (Å²) in [6.07, 6.45) is 3.81. The molecule has 0 fully saturated rings. The summed E-state index contributed by atoms with van der Waals surface area (Å²) in [5.41, 5.74) is 2.25. The summed E-state index contributed by atoms with van der Waals surface area (Å²) in [6, 6.07) is 5.51. The molecule has 0 radical (unpaired) electrons. The van der Waals surface area contributed by atoms with Crippen LogP contribution in [-0.4, -0.2) is 12.2 Å². The van der Waals surface area contributed by atoms with Crippen LogP contribution < -0.4 is 4.74 Å². The minimum absolute atomic E-state index is 0.269. The Morgan fingerprint density at radius 2 is 2.16 bits per heavy atom. The number of methoxy groups -OCH3 is 1. The van der Waals surface area contributed by atoms with Crippen LogP contribution in [0.25, 0.3) is 0 Å². The summed E-state index contributed by atoms with van der Waals surface area (Å²) in [5.74, 6) is 1.42. The Hall–Kier alpha value is -0.990. The molecule has 0 aliphatic heterocycles. The van der Waals surface area contributed by atoms with E-state index in [9.17, 15) is 5.11 Å². The number of ether oxygens (including phenoxy) is 1. The largest absolute Gasteiger partial charge is 0.495 e. The van der Waals surface area contributed by atoms with Gasteiger partial charge >= 0.3 is 0 Å². The van der Waals surface area contributed by atoms with Crippen LogP contribution in [0.3, 0.4) is 0 Å². The number of hydrogen-bond acceptors (Lipinski definition) is 2. The Kier molecular flexibility index (Phi) is 4.54. The summed E-state index contributed by atoms with van der Waals surface area (Å²) in [5, 5.41) is 11.1. The van der Waals surface area contributed by atoms with Crippen molar-refractivity contribution >= 4 is 11.6 Å². The molecule has 0 heterocycles. The maximum absolute atomic E-state index is 10.6. The lowest BCUT2D eigenvalue weighted by atomic mass is 9.79. The number of allylic oxidation sites excluding steroid dienone is 2. The van der Waals surface area contributed by atoms with Crippen LogP contribution in [0.15, 0.2) is 29.8 Å². The molecule has 3 heteroatoms. The highest BCUT2D eigenvalue weighted by molar-refractivity contribution is 6.32. The lowest BCUT2D eigenvalue weighted by Crippen LogP contribution is -2.19. The first-order valence-electron chi connectivity index (χ1n) is 6.70. The molecule has 0 bridgehead atoms. The van der Waals surface area contributed by atoms with Crippen molar-refractivity contribution in [2.75, 3.05) is 7.11 Å². The van der Waals surface area contributed by atoms with E-state index >= 15 is 0 Å². The van der Waals surface area contributed by atoms with Crippen molar-refractivity contribution in [1.82, 2.24) is 0 Å². The highest BCUT2D eigenvalue weighted by Crippen LogP contribution is 2.38. The monoisotopic (exact) mass is 280 g/mol. The Bertz CT molecular complexity index is 482. The Balaban J connectivity index is 2.20. The predicted molar refractivity (Wildman–Crippen MR) is 78.6 cm³/mol. The minimum Gasteiger partial charge on any atom is -0.495 e. The first-order valence-corrected chi connectivity index (χ1v) is 7.08. The van der Waals surface area contributed by atoms with Crippen LogP contribution in [-0.2, 0) is 0 Å². The normalized spacial score (nSPS) is 24.8. The predicted octanol–water partition coefficient (Wildman–Crippen LogP) is 4.37. The van der Waals surface area contributed by atoms with Crippen molar-refractivity contribution in [3.05, 3.63) is 40.4 Å². The van der Waals surface area contributed by atoms with E-state index in [2.05, 4.69) is 19.9 Å². The second-order valence-corrected chi connectivity index (χ2v) is 5.94. The number of benzene rings is 1. The molecule has 0 spiro atoms. The lowest BCUT2D eigenvalue weighted by Gasteiger charge is -2.29. The summed E-state index contributed by atoms with van der Waals surface area (Å²) < 4.78 is 5.21. The molecule has 3 unspecified atom stereocenters. The first kappa shape index (κ1) is 14.4. The van der Waals surface area contributed by atoms with Gasteiger partial charge in [0, 0.05) is 0 Å². The van der Waals surface area contributed by atoms with Crippen LogP contribution in [0.2, 0.25) is 5.02 Å². The molecule has 0 saturated carbocycles. The summed E-state index contributed by atoms with van der Waals surface area (Å²) >= 11 is 6.02. The molecule has 1 aromatic carbocycles. The van der Waals surface area contributed by atoms with Crippen molar-refractivity contribution in [3.63, 3.8) is 0 Å². The fraction of sp³-hybridized carbons (Fsp3) is 0.500. The maximum Gasteiger partial charge on any atom is 0.137 e. The van der Waals surface area contributed by atoms with Crippen LogP contribution in [0, 0.1) is 11.8 Å². The van der Waals surface area contributed by atoms with Gasteiger partial charge in [-0.1, -0.05) is 36.2 Å². The zero-order valence-electron chi connectivity index (χ0n) is 11.7. The van der Waals surface area contributed by atoms with Crippen LogP contribution in [0.4, 0.5) is 0 Å². The van der Waals surface area contributed by atoms with Gasteiger partial charge in [-0.15, -0.1) is 0 Å². The molecule has 0 saturated heterocycles. The molecule has 1 aliphatic carbocycles. The zero-order valence-corrected chi connectivity index (χ0v) is 12.4. The van der Waals surface area contributed by atoms with E-state index in [4.69, 9.17) is 16.3 Å². The van der Waals surface area contributed by atoms with Gasteiger partial charge in [0.2, 0.25) is 0 Å². The van der Waals surface area contributed by atoms with Gasteiger partial charge in [-0.3, -0.25) is 0 Å². The van der Waals surface area contributed by atoms with Gasteiger partial charge in [0.1, 0.15) is 5.75 Å². The summed E-state index contributed by atoms with van der Waals surface area (Å²) in [4.78, 5) is 0. The molecule has 0 aromatic heterocycles. The van der Waals surface area contributed by atoms with Gasteiger partial charge in [-0.25, -0.2) is 0 Å². The third-order valence-electron chi connectivity index (χ3n) is 3.79. The Labute approximate surface area is 120 Å². The van der Waals surface area contributed by atoms with Crippen molar-refractivity contribution in [1.29, 1.82) is 0 Å². The number of hydrogen-bond donors (Lipinski definition) is 1. The second-order valence-electron chi connectivity index (χ2n) is 5.53. The number of aliphatic hydroxyl groups excluding tert-OH is 1. The third-order valence-corrected chi connectivity index (χ3v) is 4.10. The van der Waals surface area contributed by atoms with Crippen molar-refractivity contribution in [2.45, 2.75) is 32.8 Å². The smallest absolute Gasteiger partial charge is 0.137 e. The zero-order chi connectivity index (χ0) is 14.0. The van der Waals surface area contributed by atoms with Crippen molar-refractivity contribution in [2.24, 2.45) is 11.8 Å². The van der Waals surface area contributed by atoms with E-state index in [1.54, 1.807) is 13.2 Å². The van der Waals surface area contributed by atoms with E-state index < -0.39 is 6.10 Å². The molecule has 104 valence electrons. The quantitative estimate of drug-likeness (QED) is 0.833. The fourth-order valence-electron chi connectivity index (χ4n) is 2.97. The highest BCUT2D eigenvalue weighted by atomic mass is 35.5. The highest BCUT2D eigenvalue weighted by Gasteiger charge is 2.26. The molecule has 2 nitrogen and oxygen atoms in total. The van der Waals surface area contributed by atoms with Crippen molar-refractivity contribution in [3.8, 4) is 5.75 Å². The molecule has 3 atom stereocenters. The first-order chi connectivity index (χ1) is 9.01. The van der Waals surface area contributed by atoms with E-state index in [-0.39, 0.29) is 5.92 Å². The maximum atomic E-state index is 10.6. The van der Waals surface area contributed by atoms with Crippen LogP contribution >= 0.6 is 11.6 Å². The second kappa shape index (κ2) is 5.98. The van der Waals surface area contributed by atoms with Crippen molar-refractivity contribution < 1.29 is 9.84 Å². The van der Waals surface area contributed by atoms with Gasteiger partial charge in [0.15, 0.2) is 0 Å². The van der Waals surface area contributed by atoms with E-state index in [1.807, 2.05) is 12.1 Å². The molecule has 1 aliphatic rings. The molecule has 1 N–H and O–H groups in total. The van der Waals surface area contributed by atoms with Gasteiger partial charge in [0.05, 0.1) is 18.2 Å². The summed E-state index contributed by atoms with van der Waals surface area (Å²) in [7, 11) is 1.59. The van der Waals surface area contributed by atoms with Gasteiger partial charge < -0.3 is 9.84 Å². The van der Waals surface area contributed by atoms with E-state index in [0.29, 0.717) is 16.7 Å². The Morgan fingerprint density at radius 1 is 1.42 bits per heavy atom. The average Bonchev–Trinajstić information content (AvgIpc) is 2.37. The average molecular weight is 281 g/mol. The molecule has 0 amide bonds. The fourth-order valence-corrected chi connectivity index (χ4v) is 3.16. The molecule has 2 rings (SSSR count). The number of aliphatic hydroxyl groups is 1. The topological polar surface area (TPSA) is 29.5 Å². The van der Waals surface area contributed by atoms with Crippen LogP contribution in [0.5, 0.6) is 5.75 Å². The van der Waals surface area contributed by atoms with Crippen LogP contribution in [0.1, 0.15) is 38.4 Å². The number of rotatable bonds is 3. The number of halogens is 1. The lowest BCUT2D eigenvalue weighted by molar-refractivity contribution is 0.0930. The van der Waals surface area contributed by atoms with Gasteiger partial charge in [0.25, 0.3) is 0 Å². The summed E-state index contributed by atoms with van der Waals surface area (Å²) in [6.45, 7) is 4.34. The third kappa shape index (κ3) is 3.31. The van der Waals surface area contributed by atoms with Gasteiger partial charge in [-0.2, -0.15) is 0 Å². The van der Waals surface area contributed by atoms with Gasteiger partial charge in [-0.05, 0) is 49.3 Å². The Morgan fingerprint density at radius 3 is 2.79 bits per heavy atom. The minimum atomic E-state index is -0.461. The standard InChI is InChI=1S/C16H21ClO2/c1-10-6-11(2)8-13(7-10)16(18)12-4-5-14(17)15(9-12)19-3/h4-6,9-10,13,16,18H,7-8H2,1-3H3. The SMILES string of the molecule is COc1cc(C(O)C2CC(C)=CC(C)C2)ccc1Cl. The van der Waals surface area contributed by atoms with E-state index in [1.165, 1.54) is 5.57 Å². The molecular weight excluding hydrogens is 260 g/mol. The molecular formula is C16H21ClO2. The molecule has 1 aromatic rings. The van der Waals surface area contributed by atoms with E-state index in [0.717, 1.165) is 18.4 Å². The molecule has 19 heavy (non-hydrogen) atoms.